The Balaban J connectivity index is 2.41. The summed E-state index contributed by atoms with van der Waals surface area (Å²) < 4.78 is 0. The molecule has 0 radical (unpaired) electrons. The van der Waals surface area contributed by atoms with E-state index in [1.165, 1.54) is 0 Å². The van der Waals surface area contributed by atoms with Gasteiger partial charge < -0.3 is 10.6 Å². The van der Waals surface area contributed by atoms with Gasteiger partial charge in [0, 0.05) is 13.1 Å². The van der Waals surface area contributed by atoms with Crippen molar-refractivity contribution in [3.8, 4) is 0 Å². The molecule has 0 aromatic heterocycles. The zero-order chi connectivity index (χ0) is 11.5. The molecule has 88 valence electrons. The molecule has 2 N–H and O–H groups in total. The van der Waals surface area contributed by atoms with Crippen LogP contribution in [0.2, 0.25) is 0 Å². The van der Waals surface area contributed by atoms with Gasteiger partial charge in [-0.1, -0.05) is 0 Å². The average Bonchev–Trinajstić information content (AvgIpc) is 2.16. The quantitative estimate of drug-likeness (QED) is 0.749. The normalized spacial score (nSPS) is 23.9. The molecule has 1 aliphatic heterocycles. The van der Waals surface area contributed by atoms with Crippen LogP contribution in [-0.4, -0.2) is 30.7 Å². The van der Waals surface area contributed by atoms with Crippen molar-refractivity contribution in [2.45, 2.75) is 33.6 Å². The third-order valence-electron chi connectivity index (χ3n) is 2.64. The molecular formula is C11H22N2O2. The van der Waals surface area contributed by atoms with Gasteiger partial charge in [-0.15, -0.1) is 5.06 Å². The highest BCUT2D eigenvalue weighted by molar-refractivity contribution is 5.75. The van der Waals surface area contributed by atoms with Crippen molar-refractivity contribution in [3.63, 3.8) is 0 Å². The first-order chi connectivity index (χ1) is 6.93. The van der Waals surface area contributed by atoms with Crippen molar-refractivity contribution in [2.24, 2.45) is 17.1 Å². The summed E-state index contributed by atoms with van der Waals surface area (Å²) in [6, 6.07) is 0. The summed E-state index contributed by atoms with van der Waals surface area (Å²) in [4.78, 5) is 17.0. The summed E-state index contributed by atoms with van der Waals surface area (Å²) in [5.74, 6) is 0.298. The molecule has 0 aromatic rings. The zero-order valence-electron chi connectivity index (χ0n) is 9.95. The van der Waals surface area contributed by atoms with Crippen LogP contribution in [0.4, 0.5) is 0 Å². The third-order valence-corrected chi connectivity index (χ3v) is 2.64. The molecule has 1 atom stereocenters. The smallest absolute Gasteiger partial charge is 0.330 e. The number of nitrogens with zero attached hydrogens (tertiary/aromatic N) is 1. The molecule has 1 saturated heterocycles. The summed E-state index contributed by atoms with van der Waals surface area (Å²) >= 11 is 0. The van der Waals surface area contributed by atoms with E-state index < -0.39 is 5.41 Å². The minimum Gasteiger partial charge on any atom is -0.367 e. The standard InChI is InChI=1S/C11H22N2O2/c1-11(2,3)10(14)15-13-6-4-5-9(7-12)8-13/h9H,4-8,12H2,1-3H3/t9-/m0/s1. The fraction of sp³-hybridized carbons (Fsp3) is 0.909. The number of nitrogens with two attached hydrogens (primary N) is 1. The molecule has 0 aliphatic carbocycles. The highest BCUT2D eigenvalue weighted by Crippen LogP contribution is 2.20. The van der Waals surface area contributed by atoms with E-state index in [1.807, 2.05) is 20.8 Å². The molecule has 1 heterocycles. The Kier molecular flexibility index (Phi) is 4.11. The summed E-state index contributed by atoms with van der Waals surface area (Å²) in [6.07, 6.45) is 2.19. The second-order valence-corrected chi connectivity index (χ2v) is 5.26. The summed E-state index contributed by atoms with van der Waals surface area (Å²) in [6.45, 7) is 7.86. The SMILES string of the molecule is CC(C)(C)C(=O)ON1CCC[C@@H](CN)C1. The predicted molar refractivity (Wildman–Crippen MR) is 58.9 cm³/mol. The molecule has 4 heteroatoms. The Morgan fingerprint density at radius 1 is 1.53 bits per heavy atom. The van der Waals surface area contributed by atoms with Gasteiger partial charge in [-0.05, 0) is 46.1 Å². The lowest BCUT2D eigenvalue weighted by molar-refractivity contribution is -0.207. The third kappa shape index (κ3) is 3.80. The van der Waals surface area contributed by atoms with Gasteiger partial charge in [-0.25, -0.2) is 4.79 Å². The van der Waals surface area contributed by atoms with E-state index in [0.29, 0.717) is 12.5 Å². The van der Waals surface area contributed by atoms with Crippen molar-refractivity contribution in [2.75, 3.05) is 19.6 Å². The second kappa shape index (κ2) is 4.94. The van der Waals surface area contributed by atoms with Crippen LogP contribution in [0.1, 0.15) is 33.6 Å². The Morgan fingerprint density at radius 2 is 2.20 bits per heavy atom. The molecule has 4 nitrogen and oxygen atoms in total. The fourth-order valence-electron chi connectivity index (χ4n) is 1.56. The van der Waals surface area contributed by atoms with E-state index in [9.17, 15) is 4.79 Å². The number of hydrogen-bond donors (Lipinski definition) is 1. The van der Waals surface area contributed by atoms with Crippen molar-refractivity contribution < 1.29 is 9.63 Å². The van der Waals surface area contributed by atoms with Crippen molar-refractivity contribution in [1.29, 1.82) is 0 Å². The van der Waals surface area contributed by atoms with E-state index in [2.05, 4.69) is 0 Å². The van der Waals surface area contributed by atoms with Gasteiger partial charge in [0.05, 0.1) is 5.41 Å². The van der Waals surface area contributed by atoms with Crippen LogP contribution >= 0.6 is 0 Å². The van der Waals surface area contributed by atoms with Crippen LogP contribution < -0.4 is 5.73 Å². The predicted octanol–water partition coefficient (Wildman–Crippen LogP) is 1.16. The van der Waals surface area contributed by atoms with Crippen LogP contribution in [0.3, 0.4) is 0 Å². The first-order valence-corrected chi connectivity index (χ1v) is 5.61. The number of rotatable bonds is 2. The van der Waals surface area contributed by atoms with E-state index in [4.69, 9.17) is 10.6 Å². The average molecular weight is 214 g/mol. The maximum atomic E-state index is 11.6. The van der Waals surface area contributed by atoms with Gasteiger partial charge in [0.25, 0.3) is 0 Å². The van der Waals surface area contributed by atoms with Gasteiger partial charge in [0.1, 0.15) is 0 Å². The first kappa shape index (κ1) is 12.5. The van der Waals surface area contributed by atoms with E-state index in [-0.39, 0.29) is 5.97 Å². The molecule has 0 unspecified atom stereocenters. The van der Waals surface area contributed by atoms with Crippen molar-refractivity contribution in [1.82, 2.24) is 5.06 Å². The minimum atomic E-state index is -0.435. The molecule has 0 amide bonds. The molecule has 0 bridgehead atoms. The first-order valence-electron chi connectivity index (χ1n) is 5.61. The van der Waals surface area contributed by atoms with Gasteiger partial charge in [0.2, 0.25) is 0 Å². The van der Waals surface area contributed by atoms with Crippen LogP contribution in [0.15, 0.2) is 0 Å². The second-order valence-electron chi connectivity index (χ2n) is 5.26. The Bertz CT molecular complexity index is 223. The Morgan fingerprint density at radius 3 is 2.73 bits per heavy atom. The maximum absolute atomic E-state index is 11.6. The molecule has 0 aromatic carbocycles. The van der Waals surface area contributed by atoms with Gasteiger partial charge in [-0.2, -0.15) is 0 Å². The van der Waals surface area contributed by atoms with Crippen molar-refractivity contribution >= 4 is 5.97 Å². The Labute approximate surface area is 91.7 Å². The van der Waals surface area contributed by atoms with Gasteiger partial charge in [0.15, 0.2) is 0 Å². The Hall–Kier alpha value is -0.610. The molecular weight excluding hydrogens is 192 g/mol. The zero-order valence-corrected chi connectivity index (χ0v) is 9.95. The molecule has 15 heavy (non-hydrogen) atoms. The number of hydroxylamine groups is 2. The lowest BCUT2D eigenvalue weighted by Crippen LogP contribution is -2.41. The van der Waals surface area contributed by atoms with E-state index in [0.717, 1.165) is 25.9 Å². The number of carbonyl (C=O) groups is 1. The number of piperidine rings is 1. The summed E-state index contributed by atoms with van der Waals surface area (Å²) in [5.41, 5.74) is 5.18. The van der Waals surface area contributed by atoms with Crippen LogP contribution in [0.25, 0.3) is 0 Å². The monoisotopic (exact) mass is 214 g/mol. The summed E-state index contributed by atoms with van der Waals surface area (Å²) in [5, 5.41) is 1.76. The van der Waals surface area contributed by atoms with E-state index in [1.54, 1.807) is 5.06 Å². The number of carbonyl (C=O) groups excluding carboxylic acids is 1. The number of hydrogen-bond acceptors (Lipinski definition) is 4. The molecule has 1 rings (SSSR count). The van der Waals surface area contributed by atoms with Crippen LogP contribution in [0, 0.1) is 11.3 Å². The van der Waals surface area contributed by atoms with Crippen LogP contribution in [0.5, 0.6) is 0 Å². The van der Waals surface area contributed by atoms with Crippen LogP contribution in [-0.2, 0) is 9.63 Å². The summed E-state index contributed by atoms with van der Waals surface area (Å²) in [7, 11) is 0. The molecule has 0 saturated carbocycles. The van der Waals surface area contributed by atoms with Gasteiger partial charge >= 0.3 is 5.97 Å². The highest BCUT2D eigenvalue weighted by Gasteiger charge is 2.28. The molecule has 1 fully saturated rings. The lowest BCUT2D eigenvalue weighted by atomic mass is 9.97. The molecule has 0 spiro atoms. The lowest BCUT2D eigenvalue weighted by Gasteiger charge is -2.32. The fourth-order valence-corrected chi connectivity index (χ4v) is 1.56. The topological polar surface area (TPSA) is 55.6 Å². The van der Waals surface area contributed by atoms with E-state index >= 15 is 0 Å². The highest BCUT2D eigenvalue weighted by atomic mass is 16.7. The minimum absolute atomic E-state index is 0.167. The maximum Gasteiger partial charge on any atom is 0.330 e. The molecule has 1 aliphatic rings. The van der Waals surface area contributed by atoms with Crippen molar-refractivity contribution in [3.05, 3.63) is 0 Å². The largest absolute Gasteiger partial charge is 0.367 e. The van der Waals surface area contributed by atoms with Gasteiger partial charge in [-0.3, -0.25) is 0 Å².